The number of esters is 1. The van der Waals surface area contributed by atoms with Gasteiger partial charge in [0.25, 0.3) is 0 Å². The minimum atomic E-state index is -0.354. The minimum Gasteiger partial charge on any atom is -0.468 e. The van der Waals surface area contributed by atoms with E-state index < -0.39 is 0 Å². The highest BCUT2D eigenvalue weighted by Crippen LogP contribution is 2.28. The van der Waals surface area contributed by atoms with Gasteiger partial charge in [-0.3, -0.25) is 4.79 Å². The number of nitrogens with zero attached hydrogens (tertiary/aromatic N) is 2. The van der Waals surface area contributed by atoms with Crippen LogP contribution >= 0.6 is 23.2 Å². The van der Waals surface area contributed by atoms with Crippen molar-refractivity contribution in [3.8, 4) is 0 Å². The van der Waals surface area contributed by atoms with Crippen LogP contribution in [0, 0.1) is 0 Å². The predicted octanol–water partition coefficient (Wildman–Crippen LogP) is 3.16. The summed E-state index contributed by atoms with van der Waals surface area (Å²) in [5.41, 5.74) is 1.42. The lowest BCUT2D eigenvalue weighted by Gasteiger charge is -2.08. The quantitative estimate of drug-likeness (QED) is 0.643. The molecule has 1 unspecified atom stereocenters. The van der Waals surface area contributed by atoms with E-state index in [0.29, 0.717) is 16.4 Å². The maximum absolute atomic E-state index is 11.4. The molecule has 0 aliphatic rings. The third kappa shape index (κ3) is 2.31. The summed E-state index contributed by atoms with van der Waals surface area (Å²) in [4.78, 5) is 15.8. The number of benzene rings is 1. The summed E-state index contributed by atoms with van der Waals surface area (Å²) >= 11 is 12.2. The van der Waals surface area contributed by atoms with Gasteiger partial charge < -0.3 is 9.30 Å². The second-order valence-electron chi connectivity index (χ2n) is 3.86. The second-order valence-corrected chi connectivity index (χ2v) is 4.92. The lowest BCUT2D eigenvalue weighted by molar-refractivity contribution is -0.141. The summed E-state index contributed by atoms with van der Waals surface area (Å²) in [5, 5.41) is 0.216. The van der Waals surface area contributed by atoms with Crippen LogP contribution in [-0.2, 0) is 16.1 Å². The lowest BCUT2D eigenvalue weighted by atomic mass is 10.3. The van der Waals surface area contributed by atoms with Gasteiger partial charge in [-0.15, -0.1) is 11.6 Å². The van der Waals surface area contributed by atoms with Crippen LogP contribution in [0.25, 0.3) is 11.0 Å². The van der Waals surface area contributed by atoms with Crippen molar-refractivity contribution in [2.75, 3.05) is 7.11 Å². The number of halogens is 2. The number of alkyl halides is 1. The summed E-state index contributed by atoms with van der Waals surface area (Å²) in [6.45, 7) is 1.87. The smallest absolute Gasteiger partial charge is 0.325 e. The standard InChI is InChI=1S/C12H12Cl2N2O2/c1-7(13)12-15-11-8(14)4-3-5-9(11)16(12)6-10(17)18-2/h3-5,7H,6H2,1-2H3. The Labute approximate surface area is 114 Å². The average molecular weight is 287 g/mol. The Bertz CT molecular complexity index is 593. The van der Waals surface area contributed by atoms with E-state index in [2.05, 4.69) is 9.72 Å². The summed E-state index contributed by atoms with van der Waals surface area (Å²) in [5.74, 6) is 0.248. The number of ether oxygens (including phenoxy) is 1. The molecule has 0 spiro atoms. The molecule has 0 N–H and O–H groups in total. The summed E-state index contributed by atoms with van der Waals surface area (Å²) in [6.07, 6.45) is 0. The van der Waals surface area contributed by atoms with E-state index >= 15 is 0 Å². The van der Waals surface area contributed by atoms with E-state index in [0.717, 1.165) is 5.52 Å². The Morgan fingerprint density at radius 2 is 2.28 bits per heavy atom. The minimum absolute atomic E-state index is 0.0692. The summed E-state index contributed by atoms with van der Waals surface area (Å²) in [6, 6.07) is 5.41. The number of hydrogen-bond acceptors (Lipinski definition) is 3. The molecule has 0 bridgehead atoms. The largest absolute Gasteiger partial charge is 0.468 e. The van der Waals surface area contributed by atoms with Crippen LogP contribution in [0.2, 0.25) is 5.02 Å². The molecule has 0 aliphatic heterocycles. The number of hydrogen-bond donors (Lipinski definition) is 0. The number of carbonyl (C=O) groups excluding carboxylic acids is 1. The van der Waals surface area contributed by atoms with Gasteiger partial charge in [-0.25, -0.2) is 4.98 Å². The monoisotopic (exact) mass is 286 g/mol. The molecule has 1 aromatic heterocycles. The number of fused-ring (bicyclic) bond motifs is 1. The Morgan fingerprint density at radius 1 is 1.56 bits per heavy atom. The molecule has 1 atom stereocenters. The molecule has 0 amide bonds. The van der Waals surface area contributed by atoms with Crippen molar-refractivity contribution in [2.45, 2.75) is 18.8 Å². The zero-order chi connectivity index (χ0) is 13.3. The maximum atomic E-state index is 11.4. The first-order chi connectivity index (χ1) is 8.54. The van der Waals surface area contributed by atoms with Crippen LogP contribution in [0.3, 0.4) is 0 Å². The fourth-order valence-electron chi connectivity index (χ4n) is 1.79. The molecule has 1 heterocycles. The van der Waals surface area contributed by atoms with Crippen LogP contribution in [-0.4, -0.2) is 22.6 Å². The normalized spacial score (nSPS) is 12.7. The van der Waals surface area contributed by atoms with Gasteiger partial charge in [0, 0.05) is 0 Å². The van der Waals surface area contributed by atoms with E-state index in [1.54, 1.807) is 17.6 Å². The third-order valence-electron chi connectivity index (χ3n) is 2.63. The molecule has 0 fully saturated rings. The van der Waals surface area contributed by atoms with Gasteiger partial charge in [-0.05, 0) is 19.1 Å². The molecule has 0 saturated carbocycles. The lowest BCUT2D eigenvalue weighted by Crippen LogP contribution is -2.14. The molecule has 96 valence electrons. The first-order valence-corrected chi connectivity index (χ1v) is 6.21. The fraction of sp³-hybridized carbons (Fsp3) is 0.333. The Balaban J connectivity index is 2.63. The zero-order valence-corrected chi connectivity index (χ0v) is 11.5. The van der Waals surface area contributed by atoms with Gasteiger partial charge in [-0.1, -0.05) is 17.7 Å². The van der Waals surface area contributed by atoms with Crippen molar-refractivity contribution in [1.82, 2.24) is 9.55 Å². The van der Waals surface area contributed by atoms with Crippen molar-refractivity contribution in [3.63, 3.8) is 0 Å². The molecule has 6 heteroatoms. The molecule has 2 aromatic rings. The van der Waals surface area contributed by atoms with E-state index in [1.807, 2.05) is 12.1 Å². The first-order valence-electron chi connectivity index (χ1n) is 5.40. The van der Waals surface area contributed by atoms with Crippen molar-refractivity contribution >= 4 is 40.2 Å². The number of rotatable bonds is 3. The predicted molar refractivity (Wildman–Crippen MR) is 71.0 cm³/mol. The molecule has 18 heavy (non-hydrogen) atoms. The molecule has 0 radical (unpaired) electrons. The highest BCUT2D eigenvalue weighted by atomic mass is 35.5. The van der Waals surface area contributed by atoms with Gasteiger partial charge in [0.05, 0.1) is 23.0 Å². The first kappa shape index (κ1) is 13.2. The van der Waals surface area contributed by atoms with Gasteiger partial charge in [0.2, 0.25) is 0 Å². The zero-order valence-electron chi connectivity index (χ0n) is 9.98. The van der Waals surface area contributed by atoms with E-state index in [1.165, 1.54) is 7.11 Å². The number of methoxy groups -OCH3 is 1. The molecular formula is C12H12Cl2N2O2. The van der Waals surface area contributed by atoms with E-state index in [4.69, 9.17) is 23.2 Å². The Morgan fingerprint density at radius 3 is 2.89 bits per heavy atom. The number of para-hydroxylation sites is 1. The van der Waals surface area contributed by atoms with Crippen LogP contribution in [0.5, 0.6) is 0 Å². The number of imidazole rings is 1. The molecular weight excluding hydrogens is 275 g/mol. The molecule has 1 aromatic carbocycles. The Kier molecular flexibility index (Phi) is 3.78. The van der Waals surface area contributed by atoms with Crippen molar-refractivity contribution in [3.05, 3.63) is 29.0 Å². The highest BCUT2D eigenvalue weighted by molar-refractivity contribution is 6.35. The Hall–Kier alpha value is -1.26. The fourth-order valence-corrected chi connectivity index (χ4v) is 2.17. The maximum Gasteiger partial charge on any atom is 0.325 e. The van der Waals surface area contributed by atoms with Crippen LogP contribution in [0.15, 0.2) is 18.2 Å². The van der Waals surface area contributed by atoms with Crippen LogP contribution in [0.1, 0.15) is 18.1 Å². The summed E-state index contributed by atoms with van der Waals surface area (Å²) in [7, 11) is 1.35. The molecule has 0 saturated heterocycles. The van der Waals surface area contributed by atoms with Crippen molar-refractivity contribution in [1.29, 1.82) is 0 Å². The van der Waals surface area contributed by atoms with Gasteiger partial charge in [-0.2, -0.15) is 0 Å². The average Bonchev–Trinajstić information content (AvgIpc) is 2.70. The highest BCUT2D eigenvalue weighted by Gasteiger charge is 2.18. The van der Waals surface area contributed by atoms with Gasteiger partial charge in [0.1, 0.15) is 17.9 Å². The topological polar surface area (TPSA) is 44.1 Å². The summed E-state index contributed by atoms with van der Waals surface area (Å²) < 4.78 is 6.40. The number of carbonyl (C=O) groups is 1. The SMILES string of the molecule is COC(=O)Cn1c(C(C)Cl)nc2c(Cl)cccc21. The van der Waals surface area contributed by atoms with Crippen molar-refractivity contribution in [2.24, 2.45) is 0 Å². The van der Waals surface area contributed by atoms with Crippen LogP contribution in [0.4, 0.5) is 0 Å². The number of aromatic nitrogens is 2. The molecule has 0 aliphatic carbocycles. The third-order valence-corrected chi connectivity index (χ3v) is 3.13. The van der Waals surface area contributed by atoms with Gasteiger partial charge in [0.15, 0.2) is 0 Å². The van der Waals surface area contributed by atoms with Crippen LogP contribution < -0.4 is 0 Å². The van der Waals surface area contributed by atoms with Gasteiger partial charge >= 0.3 is 5.97 Å². The molecule has 2 rings (SSSR count). The van der Waals surface area contributed by atoms with Crippen molar-refractivity contribution < 1.29 is 9.53 Å². The van der Waals surface area contributed by atoms with E-state index in [-0.39, 0.29) is 17.9 Å². The van der Waals surface area contributed by atoms with E-state index in [9.17, 15) is 4.79 Å². The molecule has 4 nitrogen and oxygen atoms in total. The second kappa shape index (κ2) is 5.16.